The number of aryl methyl sites for hydroxylation is 1. The minimum absolute atomic E-state index is 0.0679. The van der Waals surface area contributed by atoms with Crippen LogP contribution in [0.5, 0.6) is 0 Å². The highest BCUT2D eigenvalue weighted by Crippen LogP contribution is 2.52. The van der Waals surface area contributed by atoms with Crippen LogP contribution in [0.25, 0.3) is 88.8 Å². The van der Waals surface area contributed by atoms with E-state index in [1.165, 1.54) is 111 Å². The molecule has 0 N–H and O–H groups in total. The number of rotatable bonds is 8. The standard InChI is InChI=1S/C67H50N2/c1-67(2)61-31-14-11-29-57(61)59-44-53(36-37-62(59)67)68(64-34-18-24-47-23-9-10-27-55(47)64)63-32-15-12-28-56(63)50-26-17-25-48(39-50)49-35-38-66-60(43-49)58-30-13-16-33-65(58)69(66)54-41-51(45-19-5-3-6-20-45)40-52(42-54)46-21-7-4-8-22-46/h3-17,19-23,25-44H,18,24H2,1-2H3. The highest BCUT2D eigenvalue weighted by atomic mass is 15.2. The fourth-order valence-corrected chi connectivity index (χ4v) is 11.5. The molecule has 2 nitrogen and oxygen atoms in total. The van der Waals surface area contributed by atoms with Crippen LogP contribution in [0.2, 0.25) is 0 Å². The molecule has 69 heavy (non-hydrogen) atoms. The van der Waals surface area contributed by atoms with Gasteiger partial charge in [0.2, 0.25) is 0 Å². The lowest BCUT2D eigenvalue weighted by Crippen LogP contribution is -2.20. The van der Waals surface area contributed by atoms with Gasteiger partial charge >= 0.3 is 0 Å². The quantitative estimate of drug-likeness (QED) is 0.148. The van der Waals surface area contributed by atoms with Gasteiger partial charge in [-0.3, -0.25) is 0 Å². The molecule has 0 amide bonds. The minimum atomic E-state index is -0.0679. The molecule has 11 aromatic rings. The SMILES string of the molecule is CC1(C)c2ccccc2-c2cc(N(C3=CCCc4ccccc43)c3ccccc3-c3cccc(-c4ccc5c(c4)c4ccccc4n5-c4cc(-c5ccccc5)cc(-c5ccccc5)c4)c3)ccc21. The van der Waals surface area contributed by atoms with E-state index in [0.29, 0.717) is 0 Å². The molecule has 0 atom stereocenters. The van der Waals surface area contributed by atoms with Gasteiger partial charge in [-0.05, 0) is 140 Å². The molecule has 0 spiro atoms. The molecular weight excluding hydrogens is 833 g/mol. The Morgan fingerprint density at radius 2 is 0.986 bits per heavy atom. The minimum Gasteiger partial charge on any atom is -0.310 e. The largest absolute Gasteiger partial charge is 0.310 e. The lowest BCUT2D eigenvalue weighted by molar-refractivity contribution is 0.660. The summed E-state index contributed by atoms with van der Waals surface area (Å²) in [6, 6.07) is 87.6. The maximum atomic E-state index is 2.53. The molecule has 328 valence electrons. The third-order valence-corrected chi connectivity index (χ3v) is 14.8. The molecule has 0 bridgehead atoms. The van der Waals surface area contributed by atoms with Gasteiger partial charge in [-0.25, -0.2) is 0 Å². The molecule has 0 saturated heterocycles. The van der Waals surface area contributed by atoms with Crippen molar-refractivity contribution in [1.82, 2.24) is 4.57 Å². The Morgan fingerprint density at radius 1 is 0.391 bits per heavy atom. The van der Waals surface area contributed by atoms with Crippen LogP contribution in [-0.4, -0.2) is 4.57 Å². The average Bonchev–Trinajstić information content (AvgIpc) is 3.86. The summed E-state index contributed by atoms with van der Waals surface area (Å²) in [4.78, 5) is 2.53. The zero-order chi connectivity index (χ0) is 46.1. The molecule has 0 fully saturated rings. The van der Waals surface area contributed by atoms with E-state index in [0.717, 1.165) is 24.2 Å². The van der Waals surface area contributed by atoms with Crippen LogP contribution in [0.1, 0.15) is 42.5 Å². The average molecular weight is 883 g/mol. The van der Waals surface area contributed by atoms with Crippen molar-refractivity contribution in [3.05, 3.63) is 265 Å². The molecular formula is C67H50N2. The van der Waals surface area contributed by atoms with E-state index in [4.69, 9.17) is 0 Å². The van der Waals surface area contributed by atoms with Crippen LogP contribution >= 0.6 is 0 Å². The van der Waals surface area contributed by atoms with Crippen LogP contribution in [-0.2, 0) is 11.8 Å². The molecule has 0 unspecified atom stereocenters. The Kier molecular flexibility index (Phi) is 9.69. The molecule has 1 heterocycles. The first-order valence-corrected chi connectivity index (χ1v) is 24.3. The van der Waals surface area contributed by atoms with Gasteiger partial charge in [-0.1, -0.05) is 196 Å². The number of aromatic nitrogens is 1. The summed E-state index contributed by atoms with van der Waals surface area (Å²) < 4.78 is 2.45. The van der Waals surface area contributed by atoms with E-state index in [-0.39, 0.29) is 5.41 Å². The second-order valence-corrected chi connectivity index (χ2v) is 19.2. The van der Waals surface area contributed by atoms with Crippen molar-refractivity contribution in [2.75, 3.05) is 4.90 Å². The van der Waals surface area contributed by atoms with Crippen molar-refractivity contribution < 1.29 is 0 Å². The number of benzene rings is 10. The Bertz CT molecular complexity index is 3760. The molecule has 10 aromatic carbocycles. The van der Waals surface area contributed by atoms with Crippen molar-refractivity contribution in [2.24, 2.45) is 0 Å². The number of anilines is 2. The normalized spacial score (nSPS) is 13.4. The second kappa shape index (κ2) is 16.4. The van der Waals surface area contributed by atoms with Crippen molar-refractivity contribution in [3.8, 4) is 61.3 Å². The number of para-hydroxylation sites is 2. The second-order valence-electron chi connectivity index (χ2n) is 19.2. The van der Waals surface area contributed by atoms with Gasteiger partial charge in [0.1, 0.15) is 0 Å². The summed E-state index contributed by atoms with van der Waals surface area (Å²) in [5, 5.41) is 2.47. The number of fused-ring (bicyclic) bond motifs is 7. The van der Waals surface area contributed by atoms with E-state index in [1.807, 2.05) is 0 Å². The molecule has 0 radical (unpaired) electrons. The van der Waals surface area contributed by atoms with E-state index in [1.54, 1.807) is 0 Å². The Morgan fingerprint density at radius 3 is 1.78 bits per heavy atom. The summed E-state index contributed by atoms with van der Waals surface area (Å²) in [5.74, 6) is 0. The Hall–Kier alpha value is -8.46. The molecule has 2 aliphatic rings. The van der Waals surface area contributed by atoms with Crippen molar-refractivity contribution in [3.63, 3.8) is 0 Å². The van der Waals surface area contributed by atoms with Crippen LogP contribution in [0.15, 0.2) is 243 Å². The zero-order valence-corrected chi connectivity index (χ0v) is 38.9. The summed E-state index contributed by atoms with van der Waals surface area (Å²) in [6.45, 7) is 4.72. The fraction of sp³-hybridized carbons (Fsp3) is 0.0746. The van der Waals surface area contributed by atoms with E-state index in [2.05, 4.69) is 266 Å². The Labute approximate surface area is 404 Å². The van der Waals surface area contributed by atoms with Gasteiger partial charge in [-0.15, -0.1) is 0 Å². The van der Waals surface area contributed by atoms with E-state index in [9.17, 15) is 0 Å². The number of hydrogen-bond acceptors (Lipinski definition) is 1. The summed E-state index contributed by atoms with van der Waals surface area (Å²) in [7, 11) is 0. The van der Waals surface area contributed by atoms with Gasteiger partial charge in [-0.2, -0.15) is 0 Å². The lowest BCUT2D eigenvalue weighted by atomic mass is 9.82. The maximum Gasteiger partial charge on any atom is 0.0541 e. The summed E-state index contributed by atoms with van der Waals surface area (Å²) in [6.07, 6.45) is 4.49. The summed E-state index contributed by atoms with van der Waals surface area (Å²) >= 11 is 0. The molecule has 0 saturated carbocycles. The predicted octanol–water partition coefficient (Wildman–Crippen LogP) is 17.9. The molecule has 13 rings (SSSR count). The van der Waals surface area contributed by atoms with Gasteiger partial charge in [0.25, 0.3) is 0 Å². The highest BCUT2D eigenvalue weighted by Gasteiger charge is 2.36. The van der Waals surface area contributed by atoms with Crippen LogP contribution < -0.4 is 4.90 Å². The van der Waals surface area contributed by atoms with Crippen LogP contribution in [0.4, 0.5) is 11.4 Å². The first kappa shape index (κ1) is 40.8. The Balaban J connectivity index is 0.944. The number of allylic oxidation sites excluding steroid dienone is 1. The van der Waals surface area contributed by atoms with Gasteiger partial charge < -0.3 is 9.47 Å². The molecule has 0 aliphatic heterocycles. The molecule has 2 heteroatoms. The fourth-order valence-electron chi connectivity index (χ4n) is 11.5. The van der Waals surface area contributed by atoms with Gasteiger partial charge in [0.05, 0.1) is 16.7 Å². The first-order chi connectivity index (χ1) is 34.0. The van der Waals surface area contributed by atoms with E-state index < -0.39 is 0 Å². The van der Waals surface area contributed by atoms with Crippen LogP contribution in [0.3, 0.4) is 0 Å². The van der Waals surface area contributed by atoms with Crippen molar-refractivity contribution in [1.29, 1.82) is 0 Å². The van der Waals surface area contributed by atoms with Crippen LogP contribution in [0, 0.1) is 0 Å². The van der Waals surface area contributed by atoms with E-state index >= 15 is 0 Å². The predicted molar refractivity (Wildman–Crippen MR) is 291 cm³/mol. The third-order valence-electron chi connectivity index (χ3n) is 14.8. The lowest BCUT2D eigenvalue weighted by Gasteiger charge is -2.33. The molecule has 1 aromatic heterocycles. The maximum absolute atomic E-state index is 2.53. The third kappa shape index (κ3) is 6.86. The number of nitrogens with zero attached hydrogens (tertiary/aromatic N) is 2. The van der Waals surface area contributed by atoms with Crippen molar-refractivity contribution >= 4 is 38.9 Å². The van der Waals surface area contributed by atoms with Gasteiger partial charge in [0.15, 0.2) is 0 Å². The number of hydrogen-bond donors (Lipinski definition) is 0. The smallest absolute Gasteiger partial charge is 0.0541 e. The highest BCUT2D eigenvalue weighted by molar-refractivity contribution is 6.11. The summed E-state index contributed by atoms with van der Waals surface area (Å²) in [5.41, 5.74) is 24.6. The zero-order valence-electron chi connectivity index (χ0n) is 38.9. The topological polar surface area (TPSA) is 8.17 Å². The first-order valence-electron chi connectivity index (χ1n) is 24.3. The molecule has 2 aliphatic carbocycles. The van der Waals surface area contributed by atoms with Crippen molar-refractivity contribution in [2.45, 2.75) is 32.1 Å². The monoisotopic (exact) mass is 882 g/mol. The van der Waals surface area contributed by atoms with Gasteiger partial charge in [0, 0.05) is 44.4 Å².